The fraction of sp³-hybridized carbons (Fsp3) is 0.760. The van der Waals surface area contributed by atoms with Gasteiger partial charge in [-0.3, -0.25) is 14.2 Å². The molecule has 7 nitrogen and oxygen atoms in total. The molecule has 0 aliphatic rings. The van der Waals surface area contributed by atoms with E-state index in [9.17, 15) is 19.8 Å². The molecule has 0 aliphatic carbocycles. The summed E-state index contributed by atoms with van der Waals surface area (Å²) in [6.07, 6.45) is 1.22. The van der Waals surface area contributed by atoms with Crippen molar-refractivity contribution in [3.8, 4) is 11.8 Å². The number of nitrogens with zero attached hydrogens (tertiary/aromatic N) is 1. The van der Waals surface area contributed by atoms with E-state index in [2.05, 4.69) is 31.4 Å². The molecule has 0 saturated carbocycles. The molecule has 0 aliphatic heterocycles. The Kier molecular flexibility index (Phi) is 9.16. The monoisotopic (exact) mass is 483 g/mol. The number of ketones is 1. The lowest BCUT2D eigenvalue weighted by Gasteiger charge is -2.40. The van der Waals surface area contributed by atoms with E-state index in [-0.39, 0.29) is 34.9 Å². The first kappa shape index (κ1) is 29.4. The number of amides is 1. The number of carbonyl (C=O) groups is 2. The summed E-state index contributed by atoms with van der Waals surface area (Å²) in [5, 5.41) is 27.7. The minimum atomic E-state index is -0.694. The lowest BCUT2D eigenvalue weighted by atomic mass is 9.75. The van der Waals surface area contributed by atoms with Crippen molar-refractivity contribution in [3.63, 3.8) is 0 Å². The van der Waals surface area contributed by atoms with Crippen LogP contribution in [0.5, 0.6) is 11.8 Å². The smallest absolute Gasteiger partial charge is 0.226 e. The third-order valence-corrected chi connectivity index (χ3v) is 6.80. The average Bonchev–Trinajstić information content (AvgIpc) is 2.85. The molecule has 1 aromatic heterocycles. The molecule has 8 heteroatoms. The maximum absolute atomic E-state index is 13.1. The first-order valence-electron chi connectivity index (χ1n) is 11.5. The van der Waals surface area contributed by atoms with Gasteiger partial charge >= 0.3 is 0 Å². The van der Waals surface area contributed by atoms with Gasteiger partial charge in [0.05, 0.1) is 10.9 Å². The van der Waals surface area contributed by atoms with Crippen molar-refractivity contribution >= 4 is 23.5 Å². The lowest BCUT2D eigenvalue weighted by molar-refractivity contribution is -0.132. The van der Waals surface area contributed by atoms with E-state index in [1.54, 1.807) is 7.05 Å². The van der Waals surface area contributed by atoms with E-state index >= 15 is 0 Å². The van der Waals surface area contributed by atoms with Gasteiger partial charge < -0.3 is 20.8 Å². The molecular formula is C25H45N3O4S. The third-order valence-electron chi connectivity index (χ3n) is 5.68. The largest absolute Gasteiger partial charge is 0.494 e. The Morgan fingerprint density at radius 2 is 1.58 bits per heavy atom. The number of Topliss-reactive ketones (excluding diaryl/α,β-unsaturated/α-hetero) is 1. The van der Waals surface area contributed by atoms with E-state index in [0.29, 0.717) is 17.1 Å². The van der Waals surface area contributed by atoms with Crippen molar-refractivity contribution in [2.24, 2.45) is 10.8 Å². The number of rotatable bonds is 11. The van der Waals surface area contributed by atoms with Crippen LogP contribution in [0.15, 0.2) is 11.0 Å². The summed E-state index contributed by atoms with van der Waals surface area (Å²) in [6.45, 7) is 19.6. The van der Waals surface area contributed by atoms with Gasteiger partial charge in [0.2, 0.25) is 11.8 Å². The summed E-state index contributed by atoms with van der Waals surface area (Å²) in [5.41, 5.74) is -1.78. The van der Waals surface area contributed by atoms with Crippen molar-refractivity contribution in [3.05, 3.63) is 6.07 Å². The summed E-state index contributed by atoms with van der Waals surface area (Å²) in [6, 6.07) is 1.19. The topological polar surface area (TPSA) is 104 Å². The Balaban J connectivity index is 3.05. The van der Waals surface area contributed by atoms with Crippen molar-refractivity contribution in [2.75, 3.05) is 12.8 Å². The highest BCUT2D eigenvalue weighted by molar-refractivity contribution is 7.99. The zero-order valence-electron chi connectivity index (χ0n) is 22.3. The molecule has 0 spiro atoms. The van der Waals surface area contributed by atoms with E-state index in [4.69, 9.17) is 0 Å². The second-order valence-electron chi connectivity index (χ2n) is 12.2. The molecule has 1 rings (SSSR count). The number of nitrogens with one attached hydrogen (secondary N) is 2. The Hall–Kier alpha value is -1.67. The second kappa shape index (κ2) is 10.3. The van der Waals surface area contributed by atoms with Gasteiger partial charge in [0.1, 0.15) is 5.78 Å². The van der Waals surface area contributed by atoms with Crippen molar-refractivity contribution in [1.82, 2.24) is 15.2 Å². The van der Waals surface area contributed by atoms with Crippen molar-refractivity contribution < 1.29 is 19.8 Å². The van der Waals surface area contributed by atoms with Gasteiger partial charge in [-0.15, -0.1) is 11.8 Å². The fourth-order valence-corrected chi connectivity index (χ4v) is 5.99. The van der Waals surface area contributed by atoms with Gasteiger partial charge in [-0.2, -0.15) is 0 Å². The lowest BCUT2D eigenvalue weighted by Crippen LogP contribution is -2.52. The summed E-state index contributed by atoms with van der Waals surface area (Å²) in [5.74, 6) is 0.335. The maximum Gasteiger partial charge on any atom is 0.226 e. The van der Waals surface area contributed by atoms with Crippen LogP contribution >= 0.6 is 11.8 Å². The van der Waals surface area contributed by atoms with Crippen LogP contribution in [0.1, 0.15) is 82.1 Å². The Morgan fingerprint density at radius 3 is 2.03 bits per heavy atom. The van der Waals surface area contributed by atoms with Crippen LogP contribution in [0.4, 0.5) is 0 Å². The van der Waals surface area contributed by atoms with Crippen LogP contribution in [0.2, 0.25) is 0 Å². The minimum absolute atomic E-state index is 0.0142. The maximum atomic E-state index is 13.1. The second-order valence-corrected chi connectivity index (χ2v) is 13.3. The van der Waals surface area contributed by atoms with Gasteiger partial charge in [0.25, 0.3) is 0 Å². The standard InChI is InChI=1S/C25H45N3O4S/c1-16(29)17(26-11)13-33-18-12-19(30)28(20(18)31)25(9,10)15-24(7,8)27-21(32)23(5,6)14-22(2,3)4/h12,17,26,30-31H,13-15H2,1-11H3,(H,27,32). The van der Waals surface area contributed by atoms with Gasteiger partial charge in [0, 0.05) is 28.3 Å². The third kappa shape index (κ3) is 8.25. The fourth-order valence-electron chi connectivity index (χ4n) is 4.83. The summed E-state index contributed by atoms with van der Waals surface area (Å²) < 4.78 is 1.49. The first-order chi connectivity index (χ1) is 14.7. The number of aromatic hydroxyl groups is 2. The average molecular weight is 484 g/mol. The van der Waals surface area contributed by atoms with Gasteiger partial charge in [-0.05, 0) is 59.9 Å². The number of likely N-dealkylation sites (N-methyl/N-ethyl adjacent to an activating group) is 1. The number of hydrogen-bond acceptors (Lipinski definition) is 6. The van der Waals surface area contributed by atoms with Gasteiger partial charge in [0.15, 0.2) is 5.88 Å². The molecule has 0 saturated heterocycles. The molecule has 0 aromatic carbocycles. The Bertz CT molecular complexity index is 851. The predicted octanol–water partition coefficient (Wildman–Crippen LogP) is 4.65. The molecular weight excluding hydrogens is 438 g/mol. The molecule has 4 N–H and O–H groups in total. The number of hydrogen-bond donors (Lipinski definition) is 4. The van der Waals surface area contributed by atoms with Crippen LogP contribution in [-0.2, 0) is 15.1 Å². The SMILES string of the molecule is CNC(CSc1cc(O)n(C(C)(C)CC(C)(C)NC(=O)C(C)(C)CC(C)(C)C)c1O)C(C)=O. The highest BCUT2D eigenvalue weighted by atomic mass is 32.2. The van der Waals surface area contributed by atoms with Gasteiger partial charge in [-0.1, -0.05) is 34.6 Å². The molecule has 1 aromatic rings. The molecule has 190 valence electrons. The van der Waals surface area contributed by atoms with Gasteiger partial charge in [-0.25, -0.2) is 0 Å². The van der Waals surface area contributed by atoms with Crippen LogP contribution in [0, 0.1) is 10.8 Å². The summed E-state index contributed by atoms with van der Waals surface area (Å²) >= 11 is 1.31. The Morgan fingerprint density at radius 1 is 1.03 bits per heavy atom. The van der Waals surface area contributed by atoms with Crippen molar-refractivity contribution in [1.29, 1.82) is 0 Å². The summed E-state index contributed by atoms with van der Waals surface area (Å²) in [4.78, 5) is 25.3. The first-order valence-corrected chi connectivity index (χ1v) is 12.5. The Labute approximate surface area is 204 Å². The van der Waals surface area contributed by atoms with Crippen molar-refractivity contribution in [2.45, 2.75) is 104 Å². The molecule has 1 unspecified atom stereocenters. The molecule has 33 heavy (non-hydrogen) atoms. The quantitative estimate of drug-likeness (QED) is 0.342. The van der Waals surface area contributed by atoms with E-state index in [1.165, 1.54) is 29.3 Å². The molecule has 1 amide bonds. The molecule has 0 fully saturated rings. The number of thioether (sulfide) groups is 1. The predicted molar refractivity (Wildman–Crippen MR) is 136 cm³/mol. The highest BCUT2D eigenvalue weighted by Crippen LogP contribution is 2.42. The zero-order valence-corrected chi connectivity index (χ0v) is 23.2. The number of carbonyl (C=O) groups excluding carboxylic acids is 2. The van der Waals surface area contributed by atoms with E-state index < -0.39 is 16.5 Å². The zero-order chi connectivity index (χ0) is 26.0. The minimum Gasteiger partial charge on any atom is -0.494 e. The molecule has 1 atom stereocenters. The van der Waals surface area contributed by atoms with Crippen LogP contribution in [-0.4, -0.2) is 50.9 Å². The van der Waals surface area contributed by atoms with E-state index in [0.717, 1.165) is 6.42 Å². The van der Waals surface area contributed by atoms with Crippen LogP contribution in [0.3, 0.4) is 0 Å². The highest BCUT2D eigenvalue weighted by Gasteiger charge is 2.39. The molecule has 0 bridgehead atoms. The van der Waals surface area contributed by atoms with E-state index in [1.807, 2.05) is 41.5 Å². The molecule has 1 heterocycles. The molecule has 0 radical (unpaired) electrons. The van der Waals surface area contributed by atoms with Crippen LogP contribution in [0.25, 0.3) is 0 Å². The van der Waals surface area contributed by atoms with Crippen LogP contribution < -0.4 is 10.6 Å². The number of aromatic nitrogens is 1. The summed E-state index contributed by atoms with van der Waals surface area (Å²) in [7, 11) is 1.72. The normalized spacial score (nSPS) is 14.3.